The summed E-state index contributed by atoms with van der Waals surface area (Å²) in [5.41, 5.74) is 6.11. The molecule has 86 valence electrons. The number of hydrogen-bond donors (Lipinski definition) is 1. The average molecular weight is 201 g/mol. The summed E-state index contributed by atoms with van der Waals surface area (Å²) in [5.74, 6) is 0. The number of hydrogen-bond acceptors (Lipinski definition) is 2. The van der Waals surface area contributed by atoms with Crippen LogP contribution in [0, 0.1) is 0 Å². The maximum Gasteiger partial charge on any atom is 0.0479 e. The van der Waals surface area contributed by atoms with Crippen LogP contribution < -0.4 is 5.73 Å². The van der Waals surface area contributed by atoms with Gasteiger partial charge < -0.3 is 10.5 Å². The molecule has 14 heavy (non-hydrogen) atoms. The van der Waals surface area contributed by atoms with Gasteiger partial charge in [0, 0.05) is 19.3 Å². The van der Waals surface area contributed by atoms with E-state index >= 15 is 0 Å². The van der Waals surface area contributed by atoms with Gasteiger partial charge in [0.15, 0.2) is 0 Å². The molecule has 0 aromatic rings. The van der Waals surface area contributed by atoms with Crippen LogP contribution in [0.5, 0.6) is 0 Å². The van der Waals surface area contributed by atoms with E-state index in [0.717, 1.165) is 19.4 Å². The largest absolute Gasteiger partial charge is 0.385 e. The maximum absolute atomic E-state index is 6.14. The van der Waals surface area contributed by atoms with Crippen molar-refractivity contribution in [1.29, 1.82) is 0 Å². The van der Waals surface area contributed by atoms with Crippen molar-refractivity contribution in [2.45, 2.75) is 64.3 Å². The summed E-state index contributed by atoms with van der Waals surface area (Å²) < 4.78 is 5.04. The first-order valence-electron chi connectivity index (χ1n) is 5.90. The minimum absolute atomic E-state index is 0.0256. The Morgan fingerprint density at radius 2 is 1.71 bits per heavy atom. The molecule has 0 radical (unpaired) electrons. The zero-order valence-corrected chi connectivity index (χ0v) is 10.1. The highest BCUT2D eigenvalue weighted by atomic mass is 16.5. The van der Waals surface area contributed by atoms with E-state index in [1.54, 1.807) is 7.11 Å². The average Bonchev–Trinajstić information content (AvgIpc) is 2.15. The molecule has 0 bridgehead atoms. The van der Waals surface area contributed by atoms with Gasteiger partial charge in [-0.15, -0.1) is 0 Å². The van der Waals surface area contributed by atoms with Crippen molar-refractivity contribution in [1.82, 2.24) is 0 Å². The fourth-order valence-electron chi connectivity index (χ4n) is 1.59. The fourth-order valence-corrected chi connectivity index (χ4v) is 1.59. The summed E-state index contributed by atoms with van der Waals surface area (Å²) in [6.45, 7) is 5.15. The monoisotopic (exact) mass is 201 g/mol. The Balaban J connectivity index is 3.35. The van der Waals surface area contributed by atoms with Crippen LogP contribution in [0.3, 0.4) is 0 Å². The Labute approximate surface area is 89.2 Å². The highest BCUT2D eigenvalue weighted by molar-refractivity contribution is 4.77. The van der Waals surface area contributed by atoms with Gasteiger partial charge in [0.2, 0.25) is 0 Å². The fraction of sp³-hybridized carbons (Fsp3) is 1.00. The van der Waals surface area contributed by atoms with Crippen LogP contribution in [-0.4, -0.2) is 19.3 Å². The minimum atomic E-state index is -0.0256. The molecule has 2 nitrogen and oxygen atoms in total. The van der Waals surface area contributed by atoms with E-state index in [9.17, 15) is 0 Å². The molecule has 0 aliphatic rings. The van der Waals surface area contributed by atoms with Crippen LogP contribution in [-0.2, 0) is 4.74 Å². The second-order valence-corrected chi connectivity index (χ2v) is 4.56. The third-order valence-corrected chi connectivity index (χ3v) is 2.73. The summed E-state index contributed by atoms with van der Waals surface area (Å²) in [6, 6.07) is 0. The van der Waals surface area contributed by atoms with Crippen molar-refractivity contribution < 1.29 is 4.74 Å². The molecule has 0 aliphatic carbocycles. The molecule has 0 heterocycles. The molecule has 0 saturated heterocycles. The van der Waals surface area contributed by atoms with Gasteiger partial charge >= 0.3 is 0 Å². The predicted octanol–water partition coefficient (Wildman–Crippen LogP) is 3.10. The second-order valence-electron chi connectivity index (χ2n) is 4.56. The lowest BCUT2D eigenvalue weighted by Crippen LogP contribution is -2.37. The number of methoxy groups -OCH3 is 1. The van der Waals surface area contributed by atoms with Crippen LogP contribution in [0.15, 0.2) is 0 Å². The summed E-state index contributed by atoms with van der Waals surface area (Å²) in [4.78, 5) is 0. The molecular weight excluding hydrogens is 174 g/mol. The van der Waals surface area contributed by atoms with E-state index in [-0.39, 0.29) is 5.54 Å². The molecule has 0 aromatic heterocycles. The van der Waals surface area contributed by atoms with Crippen molar-refractivity contribution in [3.8, 4) is 0 Å². The molecule has 0 rings (SSSR count). The molecule has 2 N–H and O–H groups in total. The zero-order chi connectivity index (χ0) is 10.9. The van der Waals surface area contributed by atoms with Gasteiger partial charge in [-0.05, 0) is 19.8 Å². The molecule has 0 fully saturated rings. The quantitative estimate of drug-likeness (QED) is 0.582. The number of nitrogens with two attached hydrogens (primary N) is 1. The second kappa shape index (κ2) is 8.25. The van der Waals surface area contributed by atoms with E-state index in [1.165, 1.54) is 32.1 Å². The molecular formula is C12H27NO. The smallest absolute Gasteiger partial charge is 0.0479 e. The molecule has 0 saturated carbocycles. The van der Waals surface area contributed by atoms with Gasteiger partial charge in [0.05, 0.1) is 0 Å². The van der Waals surface area contributed by atoms with Crippen LogP contribution in [0.1, 0.15) is 58.8 Å². The Bertz CT molecular complexity index is 123. The number of unbranched alkanes of at least 4 members (excludes halogenated alkanes) is 4. The van der Waals surface area contributed by atoms with Crippen molar-refractivity contribution in [3.05, 3.63) is 0 Å². The molecule has 1 atom stereocenters. The van der Waals surface area contributed by atoms with Crippen LogP contribution in [0.25, 0.3) is 0 Å². The SMILES string of the molecule is CCCCCCCC(C)(N)CCOC. The van der Waals surface area contributed by atoms with E-state index in [1.807, 2.05) is 0 Å². The number of ether oxygens (including phenoxy) is 1. The minimum Gasteiger partial charge on any atom is -0.385 e. The van der Waals surface area contributed by atoms with E-state index in [2.05, 4.69) is 13.8 Å². The van der Waals surface area contributed by atoms with Gasteiger partial charge in [-0.3, -0.25) is 0 Å². The van der Waals surface area contributed by atoms with Crippen LogP contribution in [0.2, 0.25) is 0 Å². The molecule has 2 heteroatoms. The highest BCUT2D eigenvalue weighted by Crippen LogP contribution is 2.16. The Morgan fingerprint density at radius 3 is 2.29 bits per heavy atom. The van der Waals surface area contributed by atoms with Gasteiger partial charge in [-0.25, -0.2) is 0 Å². The van der Waals surface area contributed by atoms with Crippen LogP contribution in [0.4, 0.5) is 0 Å². The Kier molecular flexibility index (Phi) is 8.20. The van der Waals surface area contributed by atoms with Gasteiger partial charge in [-0.2, -0.15) is 0 Å². The van der Waals surface area contributed by atoms with Gasteiger partial charge in [0.1, 0.15) is 0 Å². The van der Waals surface area contributed by atoms with Crippen LogP contribution >= 0.6 is 0 Å². The van der Waals surface area contributed by atoms with Gasteiger partial charge in [0.25, 0.3) is 0 Å². The molecule has 0 amide bonds. The summed E-state index contributed by atoms with van der Waals surface area (Å²) in [5, 5.41) is 0. The van der Waals surface area contributed by atoms with Crippen molar-refractivity contribution in [3.63, 3.8) is 0 Å². The molecule has 1 unspecified atom stereocenters. The Hall–Kier alpha value is -0.0800. The van der Waals surface area contributed by atoms with Gasteiger partial charge in [-0.1, -0.05) is 39.0 Å². The highest BCUT2D eigenvalue weighted by Gasteiger charge is 2.16. The van der Waals surface area contributed by atoms with E-state index in [4.69, 9.17) is 10.5 Å². The third kappa shape index (κ3) is 8.52. The van der Waals surface area contributed by atoms with Crippen molar-refractivity contribution in [2.75, 3.05) is 13.7 Å². The first-order valence-corrected chi connectivity index (χ1v) is 5.90. The first-order chi connectivity index (χ1) is 6.62. The van der Waals surface area contributed by atoms with Crippen molar-refractivity contribution in [2.24, 2.45) is 5.73 Å². The molecule has 0 aliphatic heterocycles. The Morgan fingerprint density at radius 1 is 1.07 bits per heavy atom. The first kappa shape index (κ1) is 13.9. The summed E-state index contributed by atoms with van der Waals surface area (Å²) in [7, 11) is 1.73. The topological polar surface area (TPSA) is 35.2 Å². The normalized spacial score (nSPS) is 15.4. The predicted molar refractivity (Wildman–Crippen MR) is 62.5 cm³/mol. The standard InChI is InChI=1S/C12H27NO/c1-4-5-6-7-8-9-12(2,13)10-11-14-3/h4-11,13H2,1-3H3. The van der Waals surface area contributed by atoms with Crippen molar-refractivity contribution >= 4 is 0 Å². The maximum atomic E-state index is 6.14. The third-order valence-electron chi connectivity index (χ3n) is 2.73. The lowest BCUT2D eigenvalue weighted by molar-refractivity contribution is 0.168. The molecule has 0 aromatic carbocycles. The zero-order valence-electron chi connectivity index (χ0n) is 10.1. The summed E-state index contributed by atoms with van der Waals surface area (Å²) >= 11 is 0. The summed E-state index contributed by atoms with van der Waals surface area (Å²) in [6.07, 6.45) is 8.71. The number of rotatable bonds is 9. The molecule has 0 spiro atoms. The lowest BCUT2D eigenvalue weighted by atomic mass is 9.92. The lowest BCUT2D eigenvalue weighted by Gasteiger charge is -2.24. The van der Waals surface area contributed by atoms with E-state index < -0.39 is 0 Å². The van der Waals surface area contributed by atoms with E-state index in [0.29, 0.717) is 0 Å².